The van der Waals surface area contributed by atoms with Crippen LogP contribution in [0.5, 0.6) is 0 Å². The molecule has 1 fully saturated rings. The Bertz CT molecular complexity index is 957. The average molecular weight is 426 g/mol. The highest BCUT2D eigenvalue weighted by molar-refractivity contribution is 6.30. The lowest BCUT2D eigenvalue weighted by molar-refractivity contribution is -0.123. The molecule has 0 atom stereocenters. The molecule has 2 aliphatic heterocycles. The molecule has 1 aromatic carbocycles. The highest BCUT2D eigenvalue weighted by Crippen LogP contribution is 2.31. The molecule has 1 amide bonds. The van der Waals surface area contributed by atoms with E-state index in [0.29, 0.717) is 0 Å². The van der Waals surface area contributed by atoms with Crippen molar-refractivity contribution in [1.82, 2.24) is 14.9 Å². The summed E-state index contributed by atoms with van der Waals surface area (Å²) in [4.78, 5) is 29.3. The first-order valence-corrected chi connectivity index (χ1v) is 11.3. The molecule has 0 spiro atoms. The summed E-state index contributed by atoms with van der Waals surface area (Å²) in [6, 6.07) is 5.88. The fourth-order valence-corrected chi connectivity index (χ4v) is 5.13. The Morgan fingerprint density at radius 2 is 1.93 bits per heavy atom. The molecule has 30 heavy (non-hydrogen) atoms. The van der Waals surface area contributed by atoms with Gasteiger partial charge in [0.2, 0.25) is 11.9 Å². The number of fused-ring (bicyclic) bond motifs is 2. The predicted molar refractivity (Wildman–Crippen MR) is 119 cm³/mol. The summed E-state index contributed by atoms with van der Waals surface area (Å²) in [5.41, 5.74) is 4.65. The highest BCUT2D eigenvalue weighted by Gasteiger charge is 2.32. The van der Waals surface area contributed by atoms with Gasteiger partial charge in [0, 0.05) is 61.2 Å². The largest absolute Gasteiger partial charge is 0.341 e. The fourth-order valence-electron chi connectivity index (χ4n) is 4.94. The van der Waals surface area contributed by atoms with Gasteiger partial charge in [0.1, 0.15) is 0 Å². The molecular formula is C23H28ClN5O. The topological polar surface area (TPSA) is 52.6 Å². The van der Waals surface area contributed by atoms with Crippen molar-refractivity contribution in [3.63, 3.8) is 0 Å². The van der Waals surface area contributed by atoms with Crippen molar-refractivity contribution in [3.05, 3.63) is 46.2 Å². The number of hydrogen-bond acceptors (Lipinski definition) is 5. The number of amides is 1. The van der Waals surface area contributed by atoms with Gasteiger partial charge in [0.25, 0.3) is 0 Å². The Hall–Kier alpha value is -2.18. The molecule has 0 unspecified atom stereocenters. The Balaban J connectivity index is 1.29. The zero-order chi connectivity index (χ0) is 20.7. The van der Waals surface area contributed by atoms with E-state index in [4.69, 9.17) is 16.6 Å². The monoisotopic (exact) mass is 425 g/mol. The molecule has 1 saturated heterocycles. The van der Waals surface area contributed by atoms with E-state index in [9.17, 15) is 4.79 Å². The molecule has 0 N–H and O–H groups in total. The van der Waals surface area contributed by atoms with E-state index in [1.165, 1.54) is 17.7 Å². The van der Waals surface area contributed by atoms with Crippen molar-refractivity contribution in [2.75, 3.05) is 43.0 Å². The highest BCUT2D eigenvalue weighted by atomic mass is 35.5. The van der Waals surface area contributed by atoms with Crippen LogP contribution in [-0.4, -0.2) is 54.0 Å². The maximum atomic E-state index is 13.5. The summed E-state index contributed by atoms with van der Waals surface area (Å²) >= 11 is 6.22. The van der Waals surface area contributed by atoms with E-state index >= 15 is 0 Å². The molecule has 3 heterocycles. The number of likely N-dealkylation sites (N-methyl/N-ethyl adjacent to an activating group) is 1. The molecule has 3 aliphatic rings. The number of rotatable bonds is 2. The first-order valence-electron chi connectivity index (χ1n) is 11.0. The zero-order valence-electron chi connectivity index (χ0n) is 17.5. The van der Waals surface area contributed by atoms with Gasteiger partial charge >= 0.3 is 0 Å². The number of carbonyl (C=O) groups is 1. The predicted octanol–water partition coefficient (Wildman–Crippen LogP) is 3.31. The summed E-state index contributed by atoms with van der Waals surface area (Å²) in [5.74, 6) is 1.11. The Morgan fingerprint density at radius 1 is 1.10 bits per heavy atom. The van der Waals surface area contributed by atoms with Gasteiger partial charge < -0.3 is 14.7 Å². The van der Waals surface area contributed by atoms with Crippen molar-refractivity contribution >= 4 is 29.1 Å². The van der Waals surface area contributed by atoms with Gasteiger partial charge in [-0.2, -0.15) is 0 Å². The van der Waals surface area contributed by atoms with Crippen LogP contribution in [0.1, 0.15) is 36.1 Å². The van der Waals surface area contributed by atoms with Crippen molar-refractivity contribution in [2.45, 2.75) is 38.6 Å². The van der Waals surface area contributed by atoms with E-state index in [-0.39, 0.29) is 11.8 Å². The van der Waals surface area contributed by atoms with Crippen LogP contribution >= 0.6 is 11.6 Å². The summed E-state index contributed by atoms with van der Waals surface area (Å²) in [6.07, 6.45) is 7.03. The second-order valence-electron chi connectivity index (χ2n) is 8.76. The lowest BCUT2D eigenvalue weighted by Crippen LogP contribution is -2.44. The summed E-state index contributed by atoms with van der Waals surface area (Å²) in [5, 5.41) is 0.721. The Kier molecular flexibility index (Phi) is 5.37. The number of benzene rings is 1. The SMILES string of the molecule is CN1CCN(C(=O)C2CCN(c3ncc4c(n3)CCC4)CC2)c2ccc(Cl)cc2C1. The van der Waals surface area contributed by atoms with Gasteiger partial charge in [-0.15, -0.1) is 0 Å². The lowest BCUT2D eigenvalue weighted by Gasteiger charge is -2.34. The number of nitrogens with zero attached hydrogens (tertiary/aromatic N) is 5. The summed E-state index contributed by atoms with van der Waals surface area (Å²) in [6.45, 7) is 4.05. The van der Waals surface area contributed by atoms with Gasteiger partial charge in [0.05, 0.1) is 0 Å². The molecule has 1 aromatic heterocycles. The molecule has 7 heteroatoms. The number of halogens is 1. The average Bonchev–Trinajstić information content (AvgIpc) is 3.16. The standard InChI is InChI=1S/C23H28ClN5O/c1-27-11-12-29(21-6-5-19(24)13-18(21)15-27)22(30)16-7-9-28(10-8-16)23-25-14-17-3-2-4-20(17)26-23/h5-6,13-14,16H,2-4,7-12,15H2,1H3. The van der Waals surface area contributed by atoms with Gasteiger partial charge in [-0.3, -0.25) is 4.79 Å². The number of anilines is 2. The second kappa shape index (κ2) is 8.16. The molecule has 5 rings (SSSR count). The molecular weight excluding hydrogens is 398 g/mol. The van der Waals surface area contributed by atoms with Gasteiger partial charge in [-0.05, 0) is 68.5 Å². The number of aromatic nitrogens is 2. The van der Waals surface area contributed by atoms with Crippen molar-refractivity contribution < 1.29 is 4.79 Å². The third-order valence-electron chi connectivity index (χ3n) is 6.67. The maximum Gasteiger partial charge on any atom is 0.230 e. The van der Waals surface area contributed by atoms with E-state index in [1.807, 2.05) is 29.3 Å². The van der Waals surface area contributed by atoms with Crippen LogP contribution in [0.3, 0.4) is 0 Å². The fraction of sp³-hybridized carbons (Fsp3) is 0.522. The smallest absolute Gasteiger partial charge is 0.230 e. The summed E-state index contributed by atoms with van der Waals surface area (Å²) in [7, 11) is 2.09. The normalized spacial score (nSPS) is 20.1. The number of carbonyl (C=O) groups excluding carboxylic acids is 1. The third kappa shape index (κ3) is 3.79. The van der Waals surface area contributed by atoms with Gasteiger partial charge in [0.15, 0.2) is 0 Å². The lowest BCUT2D eigenvalue weighted by atomic mass is 9.95. The number of aryl methyl sites for hydroxylation is 2. The van der Waals surface area contributed by atoms with Crippen molar-refractivity contribution in [1.29, 1.82) is 0 Å². The third-order valence-corrected chi connectivity index (χ3v) is 6.91. The van der Waals surface area contributed by atoms with Crippen LogP contribution in [0, 0.1) is 5.92 Å². The van der Waals surface area contributed by atoms with Crippen LogP contribution in [0.15, 0.2) is 24.4 Å². The van der Waals surface area contributed by atoms with Crippen LogP contribution in [0.25, 0.3) is 0 Å². The number of hydrogen-bond donors (Lipinski definition) is 0. The molecule has 6 nitrogen and oxygen atoms in total. The van der Waals surface area contributed by atoms with Crippen LogP contribution in [0.4, 0.5) is 11.6 Å². The molecule has 1 aliphatic carbocycles. The minimum Gasteiger partial charge on any atom is -0.341 e. The first-order chi connectivity index (χ1) is 14.6. The van der Waals surface area contributed by atoms with Crippen molar-refractivity contribution in [3.8, 4) is 0 Å². The van der Waals surface area contributed by atoms with Crippen LogP contribution in [-0.2, 0) is 24.2 Å². The number of piperidine rings is 1. The molecule has 0 saturated carbocycles. The zero-order valence-corrected chi connectivity index (χ0v) is 18.2. The second-order valence-corrected chi connectivity index (χ2v) is 9.19. The summed E-state index contributed by atoms with van der Waals surface area (Å²) < 4.78 is 0. The van der Waals surface area contributed by atoms with Gasteiger partial charge in [-0.1, -0.05) is 11.6 Å². The van der Waals surface area contributed by atoms with Crippen molar-refractivity contribution in [2.24, 2.45) is 5.92 Å². The van der Waals surface area contributed by atoms with Gasteiger partial charge in [-0.25, -0.2) is 9.97 Å². The van der Waals surface area contributed by atoms with E-state index in [2.05, 4.69) is 21.8 Å². The first kappa shape index (κ1) is 19.8. The van der Waals surface area contributed by atoms with E-state index in [1.54, 1.807) is 0 Å². The Labute approximate surface area is 182 Å². The Morgan fingerprint density at radius 3 is 2.77 bits per heavy atom. The molecule has 0 bridgehead atoms. The quantitative estimate of drug-likeness (QED) is 0.738. The molecule has 0 radical (unpaired) electrons. The minimum atomic E-state index is 0.0441. The minimum absolute atomic E-state index is 0.0441. The maximum absolute atomic E-state index is 13.5. The van der Waals surface area contributed by atoms with Crippen LogP contribution < -0.4 is 9.80 Å². The van der Waals surface area contributed by atoms with E-state index in [0.717, 1.165) is 80.6 Å². The van der Waals surface area contributed by atoms with E-state index < -0.39 is 0 Å². The van der Waals surface area contributed by atoms with Crippen LogP contribution in [0.2, 0.25) is 5.02 Å². The molecule has 2 aromatic rings. The molecule has 158 valence electrons.